The van der Waals surface area contributed by atoms with Crippen LogP contribution in [0, 0.1) is 36.5 Å². The maximum Gasteiger partial charge on any atom is 0.266 e. The third kappa shape index (κ3) is 4.43. The summed E-state index contributed by atoms with van der Waals surface area (Å²) in [5.41, 5.74) is 4.68. The molecule has 0 unspecified atom stereocenters. The number of anilines is 1. The number of thiophene rings is 1. The van der Waals surface area contributed by atoms with Crippen molar-refractivity contribution in [3.05, 3.63) is 72.8 Å². The predicted octanol–water partition coefficient (Wildman–Crippen LogP) is 6.76. The van der Waals surface area contributed by atoms with E-state index in [9.17, 15) is 15.3 Å². The molecule has 4 rings (SSSR count). The Labute approximate surface area is 206 Å². The highest BCUT2D eigenvalue weighted by atomic mass is 35.5. The van der Waals surface area contributed by atoms with Crippen molar-refractivity contribution < 1.29 is 4.79 Å². The Kier molecular flexibility index (Phi) is 6.63. The van der Waals surface area contributed by atoms with E-state index < -0.39 is 5.91 Å². The number of nitriles is 2. The number of hydrogen-bond donors (Lipinski definition) is 1. The molecule has 2 aromatic heterocycles. The van der Waals surface area contributed by atoms with Gasteiger partial charge >= 0.3 is 0 Å². The lowest BCUT2D eigenvalue weighted by Gasteiger charge is -2.12. The molecule has 1 aliphatic rings. The molecule has 5 nitrogen and oxygen atoms in total. The van der Waals surface area contributed by atoms with E-state index in [0.717, 1.165) is 58.8 Å². The zero-order valence-corrected chi connectivity index (χ0v) is 20.5. The lowest BCUT2D eigenvalue weighted by Crippen LogP contribution is -2.13. The second kappa shape index (κ2) is 9.45. The van der Waals surface area contributed by atoms with Gasteiger partial charge in [-0.05, 0) is 81.0 Å². The number of nitrogens with zero attached hydrogens (tertiary/aromatic N) is 3. The number of carbonyl (C=O) groups excluding carboxylic acids is 1. The Morgan fingerprint density at radius 2 is 1.94 bits per heavy atom. The van der Waals surface area contributed by atoms with Crippen molar-refractivity contribution in [3.8, 4) is 17.8 Å². The third-order valence-electron chi connectivity index (χ3n) is 5.79. The summed E-state index contributed by atoms with van der Waals surface area (Å²) >= 11 is 14.0. The summed E-state index contributed by atoms with van der Waals surface area (Å²) in [7, 11) is 0. The van der Waals surface area contributed by atoms with Gasteiger partial charge in [0, 0.05) is 21.3 Å². The van der Waals surface area contributed by atoms with E-state index in [1.807, 2.05) is 30.6 Å². The van der Waals surface area contributed by atoms with E-state index in [1.165, 1.54) is 11.3 Å². The molecule has 1 aliphatic carbocycles. The molecular weight excluding hydrogens is 475 g/mol. The number of aromatic nitrogens is 1. The molecule has 2 heterocycles. The fraction of sp³-hybridized carbons (Fsp3) is 0.240. The van der Waals surface area contributed by atoms with Gasteiger partial charge in [-0.1, -0.05) is 23.2 Å². The van der Waals surface area contributed by atoms with Gasteiger partial charge < -0.3 is 9.88 Å². The van der Waals surface area contributed by atoms with Crippen molar-refractivity contribution in [1.82, 2.24) is 4.57 Å². The Balaban J connectivity index is 1.67. The smallest absolute Gasteiger partial charge is 0.266 e. The summed E-state index contributed by atoms with van der Waals surface area (Å²) in [4.78, 5) is 14.1. The number of amides is 1. The average molecular weight is 495 g/mol. The van der Waals surface area contributed by atoms with Crippen LogP contribution < -0.4 is 5.32 Å². The number of nitrogens with one attached hydrogen (secondary N) is 1. The highest BCUT2D eigenvalue weighted by Gasteiger charge is 2.23. The molecule has 0 atom stereocenters. The van der Waals surface area contributed by atoms with Crippen LogP contribution in [0.15, 0.2) is 29.8 Å². The van der Waals surface area contributed by atoms with Gasteiger partial charge in [0.15, 0.2) is 0 Å². The summed E-state index contributed by atoms with van der Waals surface area (Å²) in [5.74, 6) is -0.529. The minimum Gasteiger partial charge on any atom is -0.316 e. The number of hydrogen-bond acceptors (Lipinski definition) is 4. The number of fused-ring (bicyclic) bond motifs is 1. The first-order chi connectivity index (χ1) is 15.8. The van der Waals surface area contributed by atoms with Gasteiger partial charge in [0.05, 0.1) is 16.3 Å². The van der Waals surface area contributed by atoms with Crippen LogP contribution in [-0.4, -0.2) is 10.5 Å². The van der Waals surface area contributed by atoms with Gasteiger partial charge in [0.2, 0.25) is 0 Å². The highest BCUT2D eigenvalue weighted by molar-refractivity contribution is 7.16. The van der Waals surface area contributed by atoms with Crippen LogP contribution in [0.1, 0.15) is 45.8 Å². The molecule has 0 saturated carbocycles. The van der Waals surface area contributed by atoms with Crippen molar-refractivity contribution >= 4 is 51.5 Å². The summed E-state index contributed by atoms with van der Waals surface area (Å²) in [5, 5.41) is 23.8. The lowest BCUT2D eigenvalue weighted by atomic mass is 9.96. The maximum atomic E-state index is 13.0. The average Bonchev–Trinajstić information content (AvgIpc) is 3.28. The van der Waals surface area contributed by atoms with Gasteiger partial charge in [0.1, 0.15) is 22.7 Å². The molecule has 0 aliphatic heterocycles. The Bertz CT molecular complexity index is 1380. The molecule has 0 fully saturated rings. The first kappa shape index (κ1) is 23.1. The maximum absolute atomic E-state index is 13.0. The van der Waals surface area contributed by atoms with Crippen LogP contribution >= 0.6 is 34.5 Å². The first-order valence-electron chi connectivity index (χ1n) is 10.5. The zero-order chi connectivity index (χ0) is 23.7. The van der Waals surface area contributed by atoms with Crippen LogP contribution in [0.5, 0.6) is 0 Å². The number of carbonyl (C=O) groups is 1. The van der Waals surface area contributed by atoms with Gasteiger partial charge in [-0.2, -0.15) is 10.5 Å². The summed E-state index contributed by atoms with van der Waals surface area (Å²) in [6.45, 7) is 3.81. The van der Waals surface area contributed by atoms with Crippen molar-refractivity contribution in [2.24, 2.45) is 0 Å². The van der Waals surface area contributed by atoms with Crippen LogP contribution in [0.25, 0.3) is 11.8 Å². The molecule has 0 radical (unpaired) electrons. The van der Waals surface area contributed by atoms with Gasteiger partial charge in [-0.3, -0.25) is 4.79 Å². The molecule has 33 heavy (non-hydrogen) atoms. The topological polar surface area (TPSA) is 81.6 Å². The standard InChI is InChI=1S/C25H20Cl2N4OS/c1-14-9-16(15(2)31(14)22-11-18(26)7-8-21(22)27)10-17(12-28)24(32)30-25-20(13-29)19-5-3-4-6-23(19)33-25/h7-11H,3-6H2,1-2H3,(H,30,32)/b17-10+. The van der Waals surface area contributed by atoms with E-state index in [2.05, 4.69) is 11.4 Å². The molecule has 1 amide bonds. The largest absolute Gasteiger partial charge is 0.316 e. The van der Waals surface area contributed by atoms with Crippen molar-refractivity contribution in [2.45, 2.75) is 39.5 Å². The van der Waals surface area contributed by atoms with Gasteiger partial charge in [-0.15, -0.1) is 11.3 Å². The number of rotatable bonds is 4. The fourth-order valence-corrected chi connectivity index (χ4v) is 5.81. The molecule has 8 heteroatoms. The SMILES string of the molecule is Cc1cc(/C=C(\C#N)C(=O)Nc2sc3c(c2C#N)CCCC3)c(C)n1-c1cc(Cl)ccc1Cl. The number of aryl methyl sites for hydroxylation is 2. The van der Waals surface area contributed by atoms with E-state index >= 15 is 0 Å². The van der Waals surface area contributed by atoms with E-state index in [-0.39, 0.29) is 5.57 Å². The third-order valence-corrected chi connectivity index (χ3v) is 7.56. The first-order valence-corrected chi connectivity index (χ1v) is 12.0. The molecule has 3 aromatic rings. The quantitative estimate of drug-likeness (QED) is 0.321. The number of halogens is 2. The van der Waals surface area contributed by atoms with Crippen molar-refractivity contribution in [2.75, 3.05) is 5.32 Å². The van der Waals surface area contributed by atoms with Crippen LogP contribution in [0.4, 0.5) is 5.00 Å². The van der Waals surface area contributed by atoms with E-state index in [1.54, 1.807) is 24.3 Å². The summed E-state index contributed by atoms with van der Waals surface area (Å²) < 4.78 is 1.94. The Morgan fingerprint density at radius 3 is 2.67 bits per heavy atom. The van der Waals surface area contributed by atoms with Gasteiger partial charge in [-0.25, -0.2) is 0 Å². The minimum absolute atomic E-state index is 0.0392. The van der Waals surface area contributed by atoms with Crippen molar-refractivity contribution in [1.29, 1.82) is 10.5 Å². The van der Waals surface area contributed by atoms with E-state index in [0.29, 0.717) is 20.6 Å². The fourth-order valence-electron chi connectivity index (χ4n) is 4.21. The molecular formula is C25H20Cl2N4OS. The number of benzene rings is 1. The Morgan fingerprint density at radius 1 is 1.18 bits per heavy atom. The summed E-state index contributed by atoms with van der Waals surface area (Å²) in [6, 6.07) is 11.3. The monoisotopic (exact) mass is 494 g/mol. The van der Waals surface area contributed by atoms with Crippen LogP contribution in [0.2, 0.25) is 10.0 Å². The normalized spacial score (nSPS) is 13.2. The van der Waals surface area contributed by atoms with Crippen LogP contribution in [0.3, 0.4) is 0 Å². The van der Waals surface area contributed by atoms with E-state index in [4.69, 9.17) is 23.2 Å². The molecule has 1 N–H and O–H groups in total. The molecule has 0 saturated heterocycles. The second-order valence-corrected chi connectivity index (χ2v) is 9.86. The van der Waals surface area contributed by atoms with Gasteiger partial charge in [0.25, 0.3) is 5.91 Å². The highest BCUT2D eigenvalue weighted by Crippen LogP contribution is 2.38. The summed E-state index contributed by atoms with van der Waals surface area (Å²) in [6.07, 6.45) is 5.46. The minimum atomic E-state index is -0.529. The molecule has 0 bridgehead atoms. The van der Waals surface area contributed by atoms with Crippen LogP contribution in [-0.2, 0) is 17.6 Å². The Hall–Kier alpha value is -3.03. The predicted molar refractivity (Wildman–Crippen MR) is 133 cm³/mol. The van der Waals surface area contributed by atoms with Crippen molar-refractivity contribution in [3.63, 3.8) is 0 Å². The molecule has 166 valence electrons. The molecule has 1 aromatic carbocycles. The second-order valence-electron chi connectivity index (χ2n) is 7.91. The zero-order valence-electron chi connectivity index (χ0n) is 18.1. The lowest BCUT2D eigenvalue weighted by molar-refractivity contribution is -0.112. The molecule has 0 spiro atoms.